The van der Waals surface area contributed by atoms with Crippen molar-refractivity contribution in [3.8, 4) is 11.5 Å². The third-order valence-corrected chi connectivity index (χ3v) is 2.81. The Morgan fingerprint density at radius 3 is 2.53 bits per heavy atom. The van der Waals surface area contributed by atoms with E-state index in [1.807, 2.05) is 13.8 Å². The molecular formula is C14H21NO4. The molecule has 0 aromatic heterocycles. The summed E-state index contributed by atoms with van der Waals surface area (Å²) in [6.45, 7) is 4.14. The highest BCUT2D eigenvalue weighted by Crippen LogP contribution is 2.24. The number of carbonyl (C=O) groups excluding carboxylic acids is 1. The van der Waals surface area contributed by atoms with Crippen LogP contribution >= 0.6 is 0 Å². The van der Waals surface area contributed by atoms with Crippen molar-refractivity contribution in [2.24, 2.45) is 5.41 Å². The minimum absolute atomic E-state index is 0.00697. The Balaban J connectivity index is 2.82. The molecule has 106 valence electrons. The van der Waals surface area contributed by atoms with Crippen LogP contribution < -0.4 is 14.8 Å². The molecule has 0 saturated carbocycles. The first-order valence-electron chi connectivity index (χ1n) is 6.04. The molecule has 0 aliphatic heterocycles. The van der Waals surface area contributed by atoms with Crippen LogP contribution in [0.2, 0.25) is 0 Å². The Morgan fingerprint density at radius 2 is 2.00 bits per heavy atom. The van der Waals surface area contributed by atoms with Crippen LogP contribution in [0.4, 0.5) is 0 Å². The van der Waals surface area contributed by atoms with E-state index < -0.39 is 0 Å². The molecule has 0 radical (unpaired) electrons. The van der Waals surface area contributed by atoms with Crippen molar-refractivity contribution >= 4 is 5.91 Å². The maximum atomic E-state index is 12.1. The van der Waals surface area contributed by atoms with Crippen LogP contribution in [-0.2, 0) is 0 Å². The summed E-state index contributed by atoms with van der Waals surface area (Å²) in [7, 11) is 3.06. The van der Waals surface area contributed by atoms with Crippen molar-refractivity contribution < 1.29 is 19.4 Å². The van der Waals surface area contributed by atoms with E-state index in [1.54, 1.807) is 25.3 Å². The van der Waals surface area contributed by atoms with Gasteiger partial charge < -0.3 is 19.9 Å². The molecule has 19 heavy (non-hydrogen) atoms. The molecule has 0 saturated heterocycles. The van der Waals surface area contributed by atoms with Crippen molar-refractivity contribution in [3.63, 3.8) is 0 Å². The van der Waals surface area contributed by atoms with Gasteiger partial charge in [0.05, 0.1) is 19.8 Å². The normalized spacial score (nSPS) is 11.0. The third kappa shape index (κ3) is 4.13. The fourth-order valence-electron chi connectivity index (χ4n) is 1.46. The molecule has 0 bridgehead atoms. The number of amides is 1. The Labute approximate surface area is 113 Å². The monoisotopic (exact) mass is 267 g/mol. The number of methoxy groups -OCH3 is 2. The predicted molar refractivity (Wildman–Crippen MR) is 72.7 cm³/mol. The number of carbonyl (C=O) groups is 1. The predicted octanol–water partition coefficient (Wildman–Crippen LogP) is 1.45. The number of benzene rings is 1. The minimum atomic E-state index is -0.352. The van der Waals surface area contributed by atoms with Crippen molar-refractivity contribution in [2.75, 3.05) is 27.4 Å². The second-order valence-electron chi connectivity index (χ2n) is 5.07. The number of aliphatic hydroxyl groups excluding tert-OH is 1. The second kappa shape index (κ2) is 6.43. The van der Waals surface area contributed by atoms with Gasteiger partial charge in [0.15, 0.2) is 0 Å². The van der Waals surface area contributed by atoms with Crippen LogP contribution in [0.15, 0.2) is 18.2 Å². The van der Waals surface area contributed by atoms with Crippen LogP contribution in [0.1, 0.15) is 24.2 Å². The fraction of sp³-hybridized carbons (Fsp3) is 0.500. The Bertz CT molecular complexity index is 443. The number of hydrogen-bond donors (Lipinski definition) is 2. The zero-order valence-corrected chi connectivity index (χ0v) is 11.8. The van der Waals surface area contributed by atoms with Crippen molar-refractivity contribution in [1.82, 2.24) is 5.32 Å². The lowest BCUT2D eigenvalue weighted by molar-refractivity contribution is 0.0908. The maximum Gasteiger partial charge on any atom is 0.255 e. The average molecular weight is 267 g/mol. The molecule has 2 N–H and O–H groups in total. The van der Waals surface area contributed by atoms with Gasteiger partial charge in [0.2, 0.25) is 0 Å². The minimum Gasteiger partial charge on any atom is -0.497 e. The molecule has 1 aromatic rings. The van der Waals surface area contributed by atoms with Crippen molar-refractivity contribution in [2.45, 2.75) is 13.8 Å². The Hall–Kier alpha value is -1.75. The molecule has 1 amide bonds. The fourth-order valence-corrected chi connectivity index (χ4v) is 1.46. The first-order chi connectivity index (χ1) is 8.93. The van der Waals surface area contributed by atoms with E-state index in [9.17, 15) is 4.79 Å². The maximum absolute atomic E-state index is 12.1. The van der Waals surface area contributed by atoms with Crippen LogP contribution in [0.3, 0.4) is 0 Å². The molecule has 1 aromatic carbocycles. The van der Waals surface area contributed by atoms with Gasteiger partial charge in [0.1, 0.15) is 11.5 Å². The molecule has 0 fully saturated rings. The highest BCUT2D eigenvalue weighted by Gasteiger charge is 2.19. The van der Waals surface area contributed by atoms with Crippen LogP contribution in [0.5, 0.6) is 11.5 Å². The average Bonchev–Trinajstić information content (AvgIpc) is 2.44. The second-order valence-corrected chi connectivity index (χ2v) is 5.07. The van der Waals surface area contributed by atoms with Gasteiger partial charge in [0, 0.05) is 24.6 Å². The number of rotatable bonds is 6. The van der Waals surface area contributed by atoms with E-state index in [4.69, 9.17) is 14.6 Å². The zero-order valence-electron chi connectivity index (χ0n) is 11.8. The van der Waals surface area contributed by atoms with Gasteiger partial charge >= 0.3 is 0 Å². The summed E-state index contributed by atoms with van der Waals surface area (Å²) >= 11 is 0. The molecule has 0 heterocycles. The molecule has 5 heteroatoms. The summed E-state index contributed by atoms with van der Waals surface area (Å²) < 4.78 is 10.3. The van der Waals surface area contributed by atoms with Crippen LogP contribution in [0, 0.1) is 5.41 Å². The first-order valence-corrected chi connectivity index (χ1v) is 6.04. The number of nitrogens with one attached hydrogen (secondary N) is 1. The largest absolute Gasteiger partial charge is 0.497 e. The van der Waals surface area contributed by atoms with Gasteiger partial charge in [-0.25, -0.2) is 0 Å². The quantitative estimate of drug-likeness (QED) is 0.818. The Kier molecular flexibility index (Phi) is 5.18. The summed E-state index contributed by atoms with van der Waals surface area (Å²) in [5.41, 5.74) is 0.0899. The summed E-state index contributed by atoms with van der Waals surface area (Å²) in [6.07, 6.45) is 0. The summed E-state index contributed by atoms with van der Waals surface area (Å²) in [4.78, 5) is 12.1. The Morgan fingerprint density at radius 1 is 1.32 bits per heavy atom. The highest BCUT2D eigenvalue weighted by molar-refractivity contribution is 5.97. The number of aliphatic hydroxyl groups is 1. The van der Waals surface area contributed by atoms with Gasteiger partial charge in [-0.3, -0.25) is 4.79 Å². The molecule has 1 rings (SSSR count). The van der Waals surface area contributed by atoms with E-state index >= 15 is 0 Å². The SMILES string of the molecule is COc1ccc(C(=O)NCC(C)(C)CO)c(OC)c1. The van der Waals surface area contributed by atoms with E-state index in [-0.39, 0.29) is 17.9 Å². The van der Waals surface area contributed by atoms with E-state index in [1.165, 1.54) is 7.11 Å². The molecule has 0 atom stereocenters. The van der Waals surface area contributed by atoms with E-state index in [0.717, 1.165) is 0 Å². The van der Waals surface area contributed by atoms with Crippen molar-refractivity contribution in [3.05, 3.63) is 23.8 Å². The lowest BCUT2D eigenvalue weighted by Crippen LogP contribution is -2.36. The lowest BCUT2D eigenvalue weighted by Gasteiger charge is -2.22. The molecule has 5 nitrogen and oxygen atoms in total. The number of hydrogen-bond acceptors (Lipinski definition) is 4. The topological polar surface area (TPSA) is 67.8 Å². The molecule has 0 aliphatic rings. The molecule has 0 spiro atoms. The highest BCUT2D eigenvalue weighted by atomic mass is 16.5. The first kappa shape index (κ1) is 15.3. The van der Waals surface area contributed by atoms with Crippen molar-refractivity contribution in [1.29, 1.82) is 0 Å². The van der Waals surface area contributed by atoms with E-state index in [2.05, 4.69) is 5.32 Å². The van der Waals surface area contributed by atoms with Gasteiger partial charge in [-0.1, -0.05) is 13.8 Å². The molecule has 0 aliphatic carbocycles. The molecular weight excluding hydrogens is 246 g/mol. The third-order valence-electron chi connectivity index (χ3n) is 2.81. The number of ether oxygens (including phenoxy) is 2. The standard InChI is InChI=1S/C14H21NO4/c1-14(2,9-16)8-15-13(17)11-6-5-10(18-3)7-12(11)19-4/h5-7,16H,8-9H2,1-4H3,(H,15,17). The summed E-state index contributed by atoms with van der Waals surface area (Å²) in [5.74, 6) is 0.851. The smallest absolute Gasteiger partial charge is 0.255 e. The summed E-state index contributed by atoms with van der Waals surface area (Å²) in [6, 6.07) is 5.01. The van der Waals surface area contributed by atoms with Gasteiger partial charge in [-0.05, 0) is 12.1 Å². The lowest BCUT2D eigenvalue weighted by atomic mass is 9.95. The van der Waals surface area contributed by atoms with Gasteiger partial charge in [-0.2, -0.15) is 0 Å². The zero-order chi connectivity index (χ0) is 14.5. The van der Waals surface area contributed by atoms with E-state index in [0.29, 0.717) is 23.6 Å². The van der Waals surface area contributed by atoms with Crippen LogP contribution in [-0.4, -0.2) is 38.4 Å². The molecule has 0 unspecified atom stereocenters. The van der Waals surface area contributed by atoms with Gasteiger partial charge in [0.25, 0.3) is 5.91 Å². The van der Waals surface area contributed by atoms with Gasteiger partial charge in [-0.15, -0.1) is 0 Å². The summed E-state index contributed by atoms with van der Waals surface area (Å²) in [5, 5.41) is 11.9. The van der Waals surface area contributed by atoms with Crippen LogP contribution in [0.25, 0.3) is 0 Å².